The SMILES string of the molecule is CC(C)(C)NC(=O)CCN1C(=O)/C(=C\c2ccco2)SC1=S. The van der Waals surface area contributed by atoms with Crippen LogP contribution in [0.25, 0.3) is 6.08 Å². The predicted octanol–water partition coefficient (Wildman–Crippen LogP) is 2.79. The van der Waals surface area contributed by atoms with Crippen molar-refractivity contribution >= 4 is 46.2 Å². The molecular weight excluding hydrogens is 320 g/mol. The van der Waals surface area contributed by atoms with E-state index >= 15 is 0 Å². The van der Waals surface area contributed by atoms with Crippen LogP contribution < -0.4 is 5.32 Å². The molecule has 1 saturated heterocycles. The van der Waals surface area contributed by atoms with Crippen molar-refractivity contribution < 1.29 is 14.0 Å². The number of hydrogen-bond acceptors (Lipinski definition) is 5. The molecule has 0 atom stereocenters. The Balaban J connectivity index is 1.97. The summed E-state index contributed by atoms with van der Waals surface area (Å²) in [6, 6.07) is 3.52. The van der Waals surface area contributed by atoms with Crippen molar-refractivity contribution in [2.45, 2.75) is 32.7 Å². The van der Waals surface area contributed by atoms with E-state index < -0.39 is 0 Å². The highest BCUT2D eigenvalue weighted by atomic mass is 32.2. The summed E-state index contributed by atoms with van der Waals surface area (Å²) in [4.78, 5) is 26.1. The molecule has 1 N–H and O–H groups in total. The molecule has 2 rings (SSSR count). The first-order valence-corrected chi connectivity index (χ1v) is 8.08. The number of carbonyl (C=O) groups is 2. The first-order chi connectivity index (χ1) is 10.3. The van der Waals surface area contributed by atoms with Crippen molar-refractivity contribution in [1.82, 2.24) is 10.2 Å². The van der Waals surface area contributed by atoms with Gasteiger partial charge < -0.3 is 9.73 Å². The average molecular weight is 338 g/mol. The minimum absolute atomic E-state index is 0.100. The molecule has 1 aromatic rings. The third-order valence-electron chi connectivity index (χ3n) is 2.77. The van der Waals surface area contributed by atoms with Gasteiger partial charge in [-0.1, -0.05) is 24.0 Å². The molecule has 1 aliphatic rings. The van der Waals surface area contributed by atoms with E-state index in [1.807, 2.05) is 20.8 Å². The van der Waals surface area contributed by atoms with E-state index in [0.29, 0.717) is 15.0 Å². The van der Waals surface area contributed by atoms with Gasteiger partial charge in [0.25, 0.3) is 5.91 Å². The summed E-state index contributed by atoms with van der Waals surface area (Å²) >= 11 is 6.44. The Labute approximate surface area is 139 Å². The topological polar surface area (TPSA) is 62.6 Å². The molecule has 0 spiro atoms. The fourth-order valence-electron chi connectivity index (χ4n) is 1.89. The van der Waals surface area contributed by atoms with Gasteiger partial charge in [0.15, 0.2) is 0 Å². The van der Waals surface area contributed by atoms with E-state index in [1.165, 1.54) is 16.7 Å². The van der Waals surface area contributed by atoms with Crippen LogP contribution >= 0.6 is 24.0 Å². The molecule has 0 saturated carbocycles. The number of hydrogen-bond donors (Lipinski definition) is 1. The molecule has 2 amide bonds. The number of furan rings is 1. The second-order valence-corrected chi connectivity index (χ2v) is 7.57. The summed E-state index contributed by atoms with van der Waals surface area (Å²) in [5.74, 6) is 0.317. The number of amides is 2. The summed E-state index contributed by atoms with van der Waals surface area (Å²) < 4.78 is 5.66. The van der Waals surface area contributed by atoms with Crippen LogP contribution in [0, 0.1) is 0 Å². The third kappa shape index (κ3) is 4.45. The second kappa shape index (κ2) is 6.66. The average Bonchev–Trinajstić information content (AvgIpc) is 2.96. The Bertz CT molecular complexity index is 615. The van der Waals surface area contributed by atoms with Crippen LogP contribution in [-0.4, -0.2) is 33.1 Å². The molecule has 0 radical (unpaired) electrons. The van der Waals surface area contributed by atoms with Crippen LogP contribution in [0.1, 0.15) is 33.0 Å². The molecule has 7 heteroatoms. The van der Waals surface area contributed by atoms with Crippen molar-refractivity contribution in [1.29, 1.82) is 0 Å². The highest BCUT2D eigenvalue weighted by Gasteiger charge is 2.32. The van der Waals surface area contributed by atoms with E-state index in [4.69, 9.17) is 16.6 Å². The third-order valence-corrected chi connectivity index (χ3v) is 4.14. The van der Waals surface area contributed by atoms with E-state index in [0.717, 1.165) is 0 Å². The quantitative estimate of drug-likeness (QED) is 0.676. The molecule has 0 bridgehead atoms. The van der Waals surface area contributed by atoms with Gasteiger partial charge in [0, 0.05) is 24.6 Å². The van der Waals surface area contributed by atoms with Gasteiger partial charge in [-0.3, -0.25) is 14.5 Å². The first-order valence-electron chi connectivity index (χ1n) is 6.86. The minimum atomic E-state index is -0.286. The zero-order valence-corrected chi connectivity index (χ0v) is 14.3. The summed E-state index contributed by atoms with van der Waals surface area (Å²) in [6.07, 6.45) is 3.43. The maximum Gasteiger partial charge on any atom is 0.266 e. The summed E-state index contributed by atoms with van der Waals surface area (Å²) in [7, 11) is 0. The highest BCUT2D eigenvalue weighted by Crippen LogP contribution is 2.32. The van der Waals surface area contributed by atoms with Crippen molar-refractivity contribution in [2.24, 2.45) is 0 Å². The molecule has 0 aliphatic carbocycles. The van der Waals surface area contributed by atoms with Crippen LogP contribution in [0.3, 0.4) is 0 Å². The van der Waals surface area contributed by atoms with Gasteiger partial charge in [-0.05, 0) is 32.9 Å². The Morgan fingerprint density at radius 3 is 2.82 bits per heavy atom. The van der Waals surface area contributed by atoms with Crippen LogP contribution in [0.4, 0.5) is 0 Å². The predicted molar refractivity (Wildman–Crippen MR) is 91.1 cm³/mol. The highest BCUT2D eigenvalue weighted by molar-refractivity contribution is 8.26. The maximum absolute atomic E-state index is 12.3. The summed E-state index contributed by atoms with van der Waals surface area (Å²) in [5.41, 5.74) is -0.286. The number of thioether (sulfide) groups is 1. The number of nitrogens with one attached hydrogen (secondary N) is 1. The Hall–Kier alpha value is -1.60. The van der Waals surface area contributed by atoms with E-state index in [-0.39, 0.29) is 30.3 Å². The lowest BCUT2D eigenvalue weighted by Gasteiger charge is -2.21. The van der Waals surface area contributed by atoms with Crippen molar-refractivity contribution in [3.05, 3.63) is 29.1 Å². The lowest BCUT2D eigenvalue weighted by Crippen LogP contribution is -2.42. The zero-order valence-electron chi connectivity index (χ0n) is 12.7. The molecule has 118 valence electrons. The normalized spacial score (nSPS) is 17.4. The standard InChI is InChI=1S/C15H18N2O3S2/c1-15(2,3)16-12(18)6-7-17-13(19)11(22-14(17)21)9-10-5-4-8-20-10/h4-5,8-9H,6-7H2,1-3H3,(H,16,18)/b11-9+. The van der Waals surface area contributed by atoms with Gasteiger partial charge in [-0.2, -0.15) is 0 Å². The lowest BCUT2D eigenvalue weighted by molar-refractivity contribution is -0.124. The molecule has 0 unspecified atom stereocenters. The van der Waals surface area contributed by atoms with Gasteiger partial charge in [-0.15, -0.1) is 0 Å². The molecule has 1 aliphatic heterocycles. The zero-order chi connectivity index (χ0) is 16.3. The molecule has 1 fully saturated rings. The van der Waals surface area contributed by atoms with Crippen LogP contribution in [0.2, 0.25) is 0 Å². The fraction of sp³-hybridized carbons (Fsp3) is 0.400. The van der Waals surface area contributed by atoms with Crippen molar-refractivity contribution in [2.75, 3.05) is 6.54 Å². The fourth-order valence-corrected chi connectivity index (χ4v) is 3.18. The monoisotopic (exact) mass is 338 g/mol. The van der Waals surface area contributed by atoms with E-state index in [2.05, 4.69) is 5.32 Å². The van der Waals surface area contributed by atoms with Gasteiger partial charge in [0.1, 0.15) is 10.1 Å². The minimum Gasteiger partial charge on any atom is -0.465 e. The molecule has 22 heavy (non-hydrogen) atoms. The van der Waals surface area contributed by atoms with Gasteiger partial charge in [0.2, 0.25) is 5.91 Å². The van der Waals surface area contributed by atoms with Crippen LogP contribution in [0.15, 0.2) is 27.7 Å². The van der Waals surface area contributed by atoms with Gasteiger partial charge in [0.05, 0.1) is 11.2 Å². The first kappa shape index (κ1) is 16.8. The smallest absolute Gasteiger partial charge is 0.266 e. The molecule has 1 aromatic heterocycles. The van der Waals surface area contributed by atoms with Crippen molar-refractivity contribution in [3.63, 3.8) is 0 Å². The Morgan fingerprint density at radius 2 is 2.23 bits per heavy atom. The molecule has 5 nitrogen and oxygen atoms in total. The van der Waals surface area contributed by atoms with Gasteiger partial charge in [-0.25, -0.2) is 0 Å². The molecular formula is C15H18N2O3S2. The summed E-state index contributed by atoms with van der Waals surface area (Å²) in [5, 5.41) is 2.86. The summed E-state index contributed by atoms with van der Waals surface area (Å²) in [6.45, 7) is 6.02. The Kier molecular flexibility index (Phi) is 5.08. The van der Waals surface area contributed by atoms with Crippen LogP contribution in [0.5, 0.6) is 0 Å². The molecule has 0 aromatic carbocycles. The largest absolute Gasteiger partial charge is 0.465 e. The molecule has 2 heterocycles. The number of rotatable bonds is 4. The maximum atomic E-state index is 12.3. The van der Waals surface area contributed by atoms with Crippen LogP contribution in [-0.2, 0) is 9.59 Å². The van der Waals surface area contributed by atoms with E-state index in [9.17, 15) is 9.59 Å². The van der Waals surface area contributed by atoms with Crippen molar-refractivity contribution in [3.8, 4) is 0 Å². The number of nitrogens with zero attached hydrogens (tertiary/aromatic N) is 1. The Morgan fingerprint density at radius 1 is 1.50 bits per heavy atom. The second-order valence-electron chi connectivity index (χ2n) is 5.90. The van der Waals surface area contributed by atoms with E-state index in [1.54, 1.807) is 24.5 Å². The number of carbonyl (C=O) groups excluding carboxylic acids is 2. The van der Waals surface area contributed by atoms with Gasteiger partial charge >= 0.3 is 0 Å². The lowest BCUT2D eigenvalue weighted by atomic mass is 10.1. The number of thiocarbonyl (C=S) groups is 1.